The highest BCUT2D eigenvalue weighted by molar-refractivity contribution is 5.86. The van der Waals surface area contributed by atoms with Gasteiger partial charge in [-0.15, -0.1) is 0 Å². The molecule has 1 aliphatic heterocycles. The van der Waals surface area contributed by atoms with Crippen LogP contribution in [0, 0.1) is 6.92 Å². The zero-order valence-electron chi connectivity index (χ0n) is 17.3. The van der Waals surface area contributed by atoms with Gasteiger partial charge in [0.25, 0.3) is 0 Å². The molecule has 0 N–H and O–H groups in total. The molecule has 0 aliphatic carbocycles. The Morgan fingerprint density at radius 1 is 1.30 bits per heavy atom. The SMILES string of the molecule is C=C(C)C(/C=N\C(=C\C)N1CCOCC1C)=C\C=C(/C)c1cccc(C)c1. The van der Waals surface area contributed by atoms with Crippen molar-refractivity contribution in [1.82, 2.24) is 4.90 Å². The van der Waals surface area contributed by atoms with Crippen LogP contribution in [0.4, 0.5) is 0 Å². The smallest absolute Gasteiger partial charge is 0.124 e. The molecular formula is C24H32N2O. The maximum absolute atomic E-state index is 5.53. The summed E-state index contributed by atoms with van der Waals surface area (Å²) in [7, 11) is 0. The normalized spacial score (nSPS) is 19.7. The summed E-state index contributed by atoms with van der Waals surface area (Å²) in [6.07, 6.45) is 8.21. The maximum atomic E-state index is 5.53. The fourth-order valence-electron chi connectivity index (χ4n) is 3.01. The van der Waals surface area contributed by atoms with Gasteiger partial charge in [-0.05, 0) is 63.0 Å². The Bertz CT molecular complexity index is 783. The average Bonchev–Trinajstić information content (AvgIpc) is 2.65. The summed E-state index contributed by atoms with van der Waals surface area (Å²) in [5.41, 5.74) is 5.75. The summed E-state index contributed by atoms with van der Waals surface area (Å²) in [6.45, 7) is 16.9. The van der Waals surface area contributed by atoms with Crippen LogP contribution in [0.3, 0.4) is 0 Å². The molecule has 144 valence electrons. The molecule has 0 amide bonds. The molecule has 0 aromatic heterocycles. The van der Waals surface area contributed by atoms with Crippen LogP contribution in [0.1, 0.15) is 38.8 Å². The predicted octanol–water partition coefficient (Wildman–Crippen LogP) is 5.55. The van der Waals surface area contributed by atoms with Crippen molar-refractivity contribution in [2.75, 3.05) is 19.8 Å². The van der Waals surface area contributed by atoms with Crippen LogP contribution in [0.25, 0.3) is 5.57 Å². The zero-order valence-corrected chi connectivity index (χ0v) is 17.3. The third kappa shape index (κ3) is 6.07. The number of aryl methyl sites for hydroxylation is 1. The average molecular weight is 365 g/mol. The molecule has 3 nitrogen and oxygen atoms in total. The third-order valence-electron chi connectivity index (χ3n) is 4.74. The lowest BCUT2D eigenvalue weighted by atomic mass is 10.0. The first-order valence-electron chi connectivity index (χ1n) is 9.58. The largest absolute Gasteiger partial charge is 0.377 e. The van der Waals surface area contributed by atoms with Gasteiger partial charge >= 0.3 is 0 Å². The fourth-order valence-corrected chi connectivity index (χ4v) is 3.01. The van der Waals surface area contributed by atoms with Crippen LogP contribution >= 0.6 is 0 Å². The first-order valence-corrected chi connectivity index (χ1v) is 9.58. The highest BCUT2D eigenvalue weighted by Gasteiger charge is 2.20. The Morgan fingerprint density at radius 2 is 2.07 bits per heavy atom. The monoisotopic (exact) mass is 364 g/mol. The molecule has 1 aromatic carbocycles. The van der Waals surface area contributed by atoms with Crippen molar-refractivity contribution in [2.45, 2.75) is 40.7 Å². The first-order chi connectivity index (χ1) is 12.9. The van der Waals surface area contributed by atoms with Gasteiger partial charge in [0.05, 0.1) is 19.3 Å². The van der Waals surface area contributed by atoms with E-state index in [1.54, 1.807) is 0 Å². The second kappa shape index (κ2) is 10.1. The van der Waals surface area contributed by atoms with E-state index < -0.39 is 0 Å². The molecule has 1 fully saturated rings. The topological polar surface area (TPSA) is 24.8 Å². The van der Waals surface area contributed by atoms with E-state index >= 15 is 0 Å². The van der Waals surface area contributed by atoms with Crippen molar-refractivity contribution in [3.63, 3.8) is 0 Å². The van der Waals surface area contributed by atoms with Gasteiger partial charge in [0.15, 0.2) is 0 Å². The first kappa shape index (κ1) is 20.9. The lowest BCUT2D eigenvalue weighted by Gasteiger charge is -2.35. The van der Waals surface area contributed by atoms with Crippen molar-refractivity contribution < 1.29 is 4.74 Å². The Morgan fingerprint density at radius 3 is 2.70 bits per heavy atom. The van der Waals surface area contributed by atoms with Crippen LogP contribution in [-0.4, -0.2) is 36.9 Å². The molecule has 0 bridgehead atoms. The third-order valence-corrected chi connectivity index (χ3v) is 4.74. The molecule has 0 saturated carbocycles. The van der Waals surface area contributed by atoms with E-state index in [1.807, 2.05) is 20.1 Å². The Hall–Kier alpha value is -2.39. The molecule has 27 heavy (non-hydrogen) atoms. The number of nitrogens with zero attached hydrogens (tertiary/aromatic N) is 2. The molecule has 1 atom stereocenters. The Balaban J connectivity index is 2.21. The second-order valence-corrected chi connectivity index (χ2v) is 7.14. The molecule has 1 heterocycles. The second-order valence-electron chi connectivity index (χ2n) is 7.14. The van der Waals surface area contributed by atoms with Crippen LogP contribution in [-0.2, 0) is 4.74 Å². The highest BCUT2D eigenvalue weighted by atomic mass is 16.5. The van der Waals surface area contributed by atoms with E-state index in [9.17, 15) is 0 Å². The van der Waals surface area contributed by atoms with Crippen molar-refractivity contribution in [1.29, 1.82) is 0 Å². The highest BCUT2D eigenvalue weighted by Crippen LogP contribution is 2.18. The maximum Gasteiger partial charge on any atom is 0.124 e. The predicted molar refractivity (Wildman–Crippen MR) is 117 cm³/mol. The van der Waals surface area contributed by atoms with Crippen molar-refractivity contribution >= 4 is 11.8 Å². The van der Waals surface area contributed by atoms with Gasteiger partial charge in [-0.3, -0.25) is 0 Å². The van der Waals surface area contributed by atoms with E-state index in [1.165, 1.54) is 16.7 Å². The molecule has 1 aliphatic rings. The number of aliphatic imine (C=N–C) groups is 1. The number of allylic oxidation sites excluding steroid dienone is 6. The number of benzene rings is 1. The van der Waals surface area contributed by atoms with Crippen LogP contribution in [0.2, 0.25) is 0 Å². The van der Waals surface area contributed by atoms with E-state index in [0.29, 0.717) is 6.04 Å². The minimum atomic E-state index is 0.336. The molecule has 0 radical (unpaired) electrons. The van der Waals surface area contributed by atoms with Gasteiger partial charge in [0.2, 0.25) is 0 Å². The van der Waals surface area contributed by atoms with Crippen molar-refractivity contribution in [3.05, 3.63) is 77.2 Å². The fraction of sp³-hybridized carbons (Fsp3) is 0.375. The molecular weight excluding hydrogens is 332 g/mol. The molecule has 1 saturated heterocycles. The summed E-state index contributed by atoms with van der Waals surface area (Å²) < 4.78 is 5.53. The lowest BCUT2D eigenvalue weighted by Crippen LogP contribution is -2.42. The number of ether oxygens (including phenoxy) is 1. The minimum absolute atomic E-state index is 0.336. The minimum Gasteiger partial charge on any atom is -0.377 e. The van der Waals surface area contributed by atoms with Gasteiger partial charge in [0, 0.05) is 12.8 Å². The van der Waals surface area contributed by atoms with Gasteiger partial charge in [-0.2, -0.15) is 0 Å². The summed E-state index contributed by atoms with van der Waals surface area (Å²) in [4.78, 5) is 7.05. The number of rotatable bonds is 6. The Kier molecular flexibility index (Phi) is 7.81. The van der Waals surface area contributed by atoms with Gasteiger partial charge in [-0.1, -0.05) is 48.6 Å². The van der Waals surface area contributed by atoms with Crippen LogP contribution in [0.5, 0.6) is 0 Å². The van der Waals surface area contributed by atoms with E-state index in [4.69, 9.17) is 9.73 Å². The summed E-state index contributed by atoms with van der Waals surface area (Å²) in [6, 6.07) is 8.88. The van der Waals surface area contributed by atoms with Crippen LogP contribution < -0.4 is 0 Å². The number of morpholine rings is 1. The summed E-state index contributed by atoms with van der Waals surface area (Å²) >= 11 is 0. The molecule has 0 spiro atoms. The lowest BCUT2D eigenvalue weighted by molar-refractivity contribution is 0.0164. The van der Waals surface area contributed by atoms with E-state index in [0.717, 1.165) is 36.7 Å². The van der Waals surface area contributed by atoms with Crippen LogP contribution in [0.15, 0.2) is 71.0 Å². The van der Waals surface area contributed by atoms with Gasteiger partial charge in [0.1, 0.15) is 5.82 Å². The van der Waals surface area contributed by atoms with Gasteiger partial charge < -0.3 is 9.64 Å². The zero-order chi connectivity index (χ0) is 19.8. The van der Waals surface area contributed by atoms with E-state index in [-0.39, 0.29) is 0 Å². The standard InChI is InChI=1S/C24H32N2O/c1-7-24(26-13-14-27-17-21(26)6)25-16-23(18(2)3)12-11-20(5)22-10-8-9-19(4)15-22/h7-12,15-16,21H,2,13-14,17H2,1,3-6H3/b20-11+,23-12-,24-7-,25-16-. The summed E-state index contributed by atoms with van der Waals surface area (Å²) in [5.74, 6) is 0.984. The summed E-state index contributed by atoms with van der Waals surface area (Å²) in [5, 5.41) is 0. The van der Waals surface area contributed by atoms with E-state index in [2.05, 4.69) is 74.7 Å². The molecule has 1 aromatic rings. The van der Waals surface area contributed by atoms with Crippen molar-refractivity contribution in [2.24, 2.45) is 4.99 Å². The number of hydrogen-bond acceptors (Lipinski definition) is 3. The van der Waals surface area contributed by atoms with Crippen molar-refractivity contribution in [3.8, 4) is 0 Å². The number of hydrogen-bond donors (Lipinski definition) is 0. The molecule has 1 unspecified atom stereocenters. The molecule has 3 heteroatoms. The quantitative estimate of drug-likeness (QED) is 0.488. The Labute approximate surface area is 164 Å². The van der Waals surface area contributed by atoms with Gasteiger partial charge in [-0.25, -0.2) is 4.99 Å². The molecule has 2 rings (SSSR count).